The number of nitrogens with one attached hydrogen (secondary N) is 3. The van der Waals surface area contributed by atoms with Crippen LogP contribution in [0.3, 0.4) is 0 Å². The molecule has 3 aromatic heterocycles. The van der Waals surface area contributed by atoms with Crippen molar-refractivity contribution in [3.05, 3.63) is 49.8 Å². The number of aryl methyl sites for hydroxylation is 1. The van der Waals surface area contributed by atoms with E-state index >= 15 is 0 Å². The summed E-state index contributed by atoms with van der Waals surface area (Å²) in [7, 11) is 0. The first-order valence-corrected chi connectivity index (χ1v) is 10.3. The molecule has 0 aliphatic heterocycles. The summed E-state index contributed by atoms with van der Waals surface area (Å²) in [5.41, 5.74) is 1.12. The molecule has 0 aliphatic rings. The van der Waals surface area contributed by atoms with E-state index in [0.29, 0.717) is 28.2 Å². The van der Waals surface area contributed by atoms with Crippen LogP contribution in [-0.4, -0.2) is 38.0 Å². The van der Waals surface area contributed by atoms with Crippen molar-refractivity contribution >= 4 is 34.2 Å². The quantitative estimate of drug-likeness (QED) is 0.471. The van der Waals surface area contributed by atoms with Crippen molar-refractivity contribution in [1.29, 1.82) is 0 Å². The number of carbonyl (C=O) groups excluding carboxylic acids is 1. The Morgan fingerprint density at radius 2 is 2.03 bits per heavy atom. The number of carboxylic acids is 1. The van der Waals surface area contributed by atoms with E-state index in [1.54, 1.807) is 26.1 Å². The van der Waals surface area contributed by atoms with Gasteiger partial charge >= 0.3 is 5.97 Å². The van der Waals surface area contributed by atoms with E-state index in [-0.39, 0.29) is 17.4 Å². The molecule has 3 aromatic rings. The number of hydrogen-bond acceptors (Lipinski definition) is 5. The molecule has 8 nitrogen and oxygen atoms in total. The Bertz CT molecular complexity index is 1110. The summed E-state index contributed by atoms with van der Waals surface area (Å²) in [4.78, 5) is 47.8. The maximum atomic E-state index is 12.6. The predicted octanol–water partition coefficient (Wildman–Crippen LogP) is 3.00. The molecule has 0 saturated heterocycles. The summed E-state index contributed by atoms with van der Waals surface area (Å²) in [6.07, 6.45) is 2.41. The lowest BCUT2D eigenvalue weighted by atomic mass is 9.99. The van der Waals surface area contributed by atoms with E-state index < -0.39 is 17.9 Å². The highest BCUT2D eigenvalue weighted by Crippen LogP contribution is 2.32. The summed E-state index contributed by atoms with van der Waals surface area (Å²) < 4.78 is 0. The number of hydrogen-bond donors (Lipinski definition) is 4. The van der Waals surface area contributed by atoms with Crippen LogP contribution in [0.5, 0.6) is 0 Å². The monoisotopic (exact) mass is 416 g/mol. The zero-order chi connectivity index (χ0) is 21.3. The lowest BCUT2D eigenvalue weighted by Crippen LogP contribution is -2.44. The number of fused-ring (bicyclic) bond motifs is 1. The number of aromatic amines is 2. The Morgan fingerprint density at radius 1 is 1.31 bits per heavy atom. The highest BCUT2D eigenvalue weighted by Gasteiger charge is 2.27. The van der Waals surface area contributed by atoms with Crippen molar-refractivity contribution in [2.45, 2.75) is 46.1 Å². The Labute approximate surface area is 171 Å². The third-order valence-corrected chi connectivity index (χ3v) is 6.47. The topological polar surface area (TPSA) is 128 Å². The molecule has 29 heavy (non-hydrogen) atoms. The number of aliphatic carboxylic acids is 1. The van der Waals surface area contributed by atoms with Crippen molar-refractivity contribution in [1.82, 2.24) is 20.3 Å². The fourth-order valence-corrected chi connectivity index (χ4v) is 4.26. The molecule has 0 spiro atoms. The Balaban J connectivity index is 1.85. The van der Waals surface area contributed by atoms with Gasteiger partial charge in [-0.2, -0.15) is 0 Å². The third kappa shape index (κ3) is 4.09. The molecule has 3 heterocycles. The lowest BCUT2D eigenvalue weighted by molar-refractivity contribution is -0.140. The molecule has 0 bridgehead atoms. The van der Waals surface area contributed by atoms with Gasteiger partial charge in [0.05, 0.1) is 10.3 Å². The molecular formula is C20H24N4O4S. The average molecular weight is 417 g/mol. The van der Waals surface area contributed by atoms with Gasteiger partial charge in [0.25, 0.3) is 11.5 Å². The van der Waals surface area contributed by atoms with Gasteiger partial charge in [-0.15, -0.1) is 11.3 Å². The minimum Gasteiger partial charge on any atom is -0.480 e. The van der Waals surface area contributed by atoms with Crippen LogP contribution in [0.1, 0.15) is 59.0 Å². The van der Waals surface area contributed by atoms with Gasteiger partial charge in [0.1, 0.15) is 17.5 Å². The van der Waals surface area contributed by atoms with Crippen LogP contribution in [0.4, 0.5) is 0 Å². The maximum Gasteiger partial charge on any atom is 0.326 e. The van der Waals surface area contributed by atoms with Gasteiger partial charge in [-0.25, -0.2) is 9.78 Å². The summed E-state index contributed by atoms with van der Waals surface area (Å²) in [5.74, 6) is -1.23. The van der Waals surface area contributed by atoms with Crippen molar-refractivity contribution in [2.75, 3.05) is 0 Å². The fourth-order valence-electron chi connectivity index (χ4n) is 3.27. The highest BCUT2D eigenvalue weighted by atomic mass is 32.1. The van der Waals surface area contributed by atoms with Crippen molar-refractivity contribution in [3.63, 3.8) is 0 Å². The Morgan fingerprint density at radius 3 is 2.69 bits per heavy atom. The first-order chi connectivity index (χ1) is 13.7. The van der Waals surface area contributed by atoms with Crippen molar-refractivity contribution in [3.8, 4) is 0 Å². The number of nitrogens with zero attached hydrogens (tertiary/aromatic N) is 1. The van der Waals surface area contributed by atoms with Crippen molar-refractivity contribution < 1.29 is 14.7 Å². The zero-order valence-electron chi connectivity index (χ0n) is 16.7. The molecule has 1 unspecified atom stereocenters. The second-order valence-corrected chi connectivity index (χ2v) is 8.33. The summed E-state index contributed by atoms with van der Waals surface area (Å²) in [5, 5.41) is 12.5. The molecule has 4 N–H and O–H groups in total. The Hall–Kier alpha value is -2.94. The van der Waals surface area contributed by atoms with E-state index in [0.717, 1.165) is 10.4 Å². The van der Waals surface area contributed by atoms with E-state index in [2.05, 4.69) is 20.3 Å². The standard InChI is InChI=1S/C20H24N4O4S/c1-5-9(2)16(20(27)28)24-18(25)14-7-6-13(29-14)10(3)12-8-21-17-15(12)19(26)23-11(4)22-17/h6-10,16H,5H2,1-4H3,(H,24,25)(H,27,28)(H2,21,22,23,26)/t9-,10?,16-/m0/s1. The SMILES string of the molecule is CC[C@H](C)[C@H](NC(=O)c1ccc(C(C)c2c[nH]c3nc(C)[nH]c(=O)c23)s1)C(=O)O. The van der Waals surface area contributed by atoms with Crippen LogP contribution in [0.25, 0.3) is 11.0 Å². The molecule has 154 valence electrons. The van der Waals surface area contributed by atoms with E-state index in [9.17, 15) is 19.5 Å². The zero-order valence-corrected chi connectivity index (χ0v) is 17.5. The lowest BCUT2D eigenvalue weighted by Gasteiger charge is -2.19. The largest absolute Gasteiger partial charge is 0.480 e. The molecule has 0 aromatic carbocycles. The molecule has 0 fully saturated rings. The smallest absolute Gasteiger partial charge is 0.326 e. The first kappa shape index (κ1) is 20.8. The van der Waals surface area contributed by atoms with Crippen LogP contribution in [-0.2, 0) is 4.79 Å². The van der Waals surface area contributed by atoms with E-state index in [4.69, 9.17) is 0 Å². The van der Waals surface area contributed by atoms with Crippen LogP contribution >= 0.6 is 11.3 Å². The molecule has 0 saturated carbocycles. The summed E-state index contributed by atoms with van der Waals surface area (Å²) in [6, 6.07) is 2.58. The predicted molar refractivity (Wildman–Crippen MR) is 112 cm³/mol. The number of carbonyl (C=O) groups is 2. The fraction of sp³-hybridized carbons (Fsp3) is 0.400. The van der Waals surface area contributed by atoms with Gasteiger partial charge < -0.3 is 20.4 Å². The van der Waals surface area contributed by atoms with E-state index in [1.165, 1.54) is 11.3 Å². The summed E-state index contributed by atoms with van der Waals surface area (Å²) >= 11 is 1.29. The molecule has 3 rings (SSSR count). The van der Waals surface area contributed by atoms with Gasteiger partial charge in [-0.3, -0.25) is 9.59 Å². The summed E-state index contributed by atoms with van der Waals surface area (Å²) in [6.45, 7) is 7.36. The minimum absolute atomic E-state index is 0.134. The van der Waals surface area contributed by atoms with Gasteiger partial charge in [-0.05, 0) is 30.5 Å². The van der Waals surface area contributed by atoms with Gasteiger partial charge in [0.2, 0.25) is 0 Å². The number of aromatic nitrogens is 3. The number of thiophene rings is 1. The molecule has 0 radical (unpaired) electrons. The van der Waals surface area contributed by atoms with E-state index in [1.807, 2.05) is 19.9 Å². The first-order valence-electron chi connectivity index (χ1n) is 9.44. The Kier molecular flexibility index (Phi) is 5.88. The maximum absolute atomic E-state index is 12.6. The second kappa shape index (κ2) is 8.20. The van der Waals surface area contributed by atoms with Crippen LogP contribution in [0.15, 0.2) is 23.1 Å². The van der Waals surface area contributed by atoms with Crippen molar-refractivity contribution in [2.24, 2.45) is 5.92 Å². The molecular weight excluding hydrogens is 392 g/mol. The van der Waals surface area contributed by atoms with Gasteiger partial charge in [0.15, 0.2) is 0 Å². The minimum atomic E-state index is -1.04. The van der Waals surface area contributed by atoms with Crippen LogP contribution in [0, 0.1) is 12.8 Å². The number of rotatable bonds is 7. The average Bonchev–Trinajstić information content (AvgIpc) is 3.31. The second-order valence-electron chi connectivity index (χ2n) is 7.22. The number of amides is 1. The third-order valence-electron chi connectivity index (χ3n) is 5.20. The molecule has 0 aliphatic carbocycles. The molecule has 1 amide bonds. The molecule has 9 heteroatoms. The van der Waals surface area contributed by atoms with Gasteiger partial charge in [-0.1, -0.05) is 27.2 Å². The normalized spacial score (nSPS) is 14.5. The highest BCUT2D eigenvalue weighted by molar-refractivity contribution is 7.14. The molecule has 3 atom stereocenters. The van der Waals surface area contributed by atoms with Crippen LogP contribution < -0.4 is 10.9 Å². The number of carboxylic acid groups (broad SMARTS) is 1. The number of H-pyrrole nitrogens is 2. The van der Waals surface area contributed by atoms with Gasteiger partial charge in [0, 0.05) is 17.0 Å². The van der Waals surface area contributed by atoms with Crippen LogP contribution in [0.2, 0.25) is 0 Å².